The SMILES string of the molecule is COc1cc(Br)ccc1C(=O)NCC(C1CC1)C1CC1. The Morgan fingerprint density at radius 2 is 2.00 bits per heavy atom. The molecule has 0 unspecified atom stereocenters. The van der Waals surface area contributed by atoms with Crippen LogP contribution in [0.3, 0.4) is 0 Å². The van der Waals surface area contributed by atoms with Gasteiger partial charge in [-0.2, -0.15) is 0 Å². The molecule has 108 valence electrons. The summed E-state index contributed by atoms with van der Waals surface area (Å²) in [5.41, 5.74) is 0.612. The van der Waals surface area contributed by atoms with Gasteiger partial charge in [-0.1, -0.05) is 15.9 Å². The third-order valence-corrected chi connectivity index (χ3v) is 4.85. The third-order valence-electron chi connectivity index (χ3n) is 4.36. The van der Waals surface area contributed by atoms with Gasteiger partial charge in [0.05, 0.1) is 12.7 Å². The lowest BCUT2D eigenvalue weighted by Gasteiger charge is -2.17. The zero-order valence-electron chi connectivity index (χ0n) is 11.7. The second-order valence-corrected chi connectivity index (χ2v) is 6.81. The first-order chi connectivity index (χ1) is 9.69. The number of methoxy groups -OCH3 is 1. The Labute approximate surface area is 128 Å². The molecule has 2 fully saturated rings. The van der Waals surface area contributed by atoms with Gasteiger partial charge in [-0.15, -0.1) is 0 Å². The van der Waals surface area contributed by atoms with Crippen LogP contribution in [0, 0.1) is 17.8 Å². The number of nitrogens with one attached hydrogen (secondary N) is 1. The maximum Gasteiger partial charge on any atom is 0.255 e. The first-order valence-corrected chi connectivity index (χ1v) is 8.10. The van der Waals surface area contributed by atoms with Gasteiger partial charge in [0.25, 0.3) is 5.91 Å². The maximum absolute atomic E-state index is 12.3. The van der Waals surface area contributed by atoms with Gasteiger partial charge in [0, 0.05) is 11.0 Å². The largest absolute Gasteiger partial charge is 0.496 e. The Balaban J connectivity index is 1.63. The molecule has 2 aliphatic rings. The van der Waals surface area contributed by atoms with E-state index in [0.717, 1.165) is 22.9 Å². The quantitative estimate of drug-likeness (QED) is 0.860. The van der Waals surface area contributed by atoms with Crippen molar-refractivity contribution in [1.82, 2.24) is 5.32 Å². The topological polar surface area (TPSA) is 38.3 Å². The first kappa shape index (κ1) is 13.9. The average molecular weight is 338 g/mol. The van der Waals surface area contributed by atoms with Crippen molar-refractivity contribution in [2.75, 3.05) is 13.7 Å². The molecule has 1 aromatic rings. The predicted molar refractivity (Wildman–Crippen MR) is 82.0 cm³/mol. The van der Waals surface area contributed by atoms with Crippen molar-refractivity contribution in [2.45, 2.75) is 25.7 Å². The van der Waals surface area contributed by atoms with Crippen LogP contribution >= 0.6 is 15.9 Å². The van der Waals surface area contributed by atoms with E-state index in [9.17, 15) is 4.79 Å². The summed E-state index contributed by atoms with van der Waals surface area (Å²) in [6, 6.07) is 5.51. The van der Waals surface area contributed by atoms with Crippen molar-refractivity contribution in [3.63, 3.8) is 0 Å². The van der Waals surface area contributed by atoms with Crippen LogP contribution in [-0.2, 0) is 0 Å². The van der Waals surface area contributed by atoms with E-state index in [1.165, 1.54) is 25.7 Å². The van der Waals surface area contributed by atoms with Crippen molar-refractivity contribution in [3.8, 4) is 5.75 Å². The molecular weight excluding hydrogens is 318 g/mol. The van der Waals surface area contributed by atoms with Crippen LogP contribution in [0.1, 0.15) is 36.0 Å². The minimum Gasteiger partial charge on any atom is -0.496 e. The summed E-state index contributed by atoms with van der Waals surface area (Å²) in [6.07, 6.45) is 5.38. The molecular formula is C16H20BrNO2. The Hall–Kier alpha value is -1.03. The molecule has 0 spiro atoms. The summed E-state index contributed by atoms with van der Waals surface area (Å²) in [6.45, 7) is 0.813. The van der Waals surface area contributed by atoms with Crippen LogP contribution in [0.4, 0.5) is 0 Å². The molecule has 0 heterocycles. The fourth-order valence-electron chi connectivity index (χ4n) is 2.93. The van der Waals surface area contributed by atoms with E-state index >= 15 is 0 Å². The predicted octanol–water partition coefficient (Wildman–Crippen LogP) is 3.62. The number of ether oxygens (including phenoxy) is 1. The summed E-state index contributed by atoms with van der Waals surface area (Å²) in [5, 5.41) is 3.10. The fourth-order valence-corrected chi connectivity index (χ4v) is 3.27. The van der Waals surface area contributed by atoms with Gasteiger partial charge in [0.1, 0.15) is 5.75 Å². The number of benzene rings is 1. The molecule has 0 radical (unpaired) electrons. The highest BCUT2D eigenvalue weighted by Crippen LogP contribution is 2.48. The van der Waals surface area contributed by atoms with Crippen LogP contribution in [0.15, 0.2) is 22.7 Å². The molecule has 0 saturated heterocycles. The Kier molecular flexibility index (Phi) is 4.01. The van der Waals surface area contributed by atoms with E-state index in [1.54, 1.807) is 7.11 Å². The van der Waals surface area contributed by atoms with E-state index < -0.39 is 0 Å². The van der Waals surface area contributed by atoms with Gasteiger partial charge in [-0.05, 0) is 61.6 Å². The van der Waals surface area contributed by atoms with Crippen LogP contribution in [0.25, 0.3) is 0 Å². The van der Waals surface area contributed by atoms with Gasteiger partial charge in [0.15, 0.2) is 0 Å². The third kappa shape index (κ3) is 3.17. The Morgan fingerprint density at radius 1 is 1.35 bits per heavy atom. The lowest BCUT2D eigenvalue weighted by Crippen LogP contribution is -2.31. The molecule has 2 saturated carbocycles. The number of halogens is 1. The average Bonchev–Trinajstić information content (AvgIpc) is 3.31. The number of hydrogen-bond donors (Lipinski definition) is 1. The molecule has 0 aliphatic heterocycles. The maximum atomic E-state index is 12.3. The zero-order valence-corrected chi connectivity index (χ0v) is 13.3. The summed E-state index contributed by atoms with van der Waals surface area (Å²) in [4.78, 5) is 12.3. The second-order valence-electron chi connectivity index (χ2n) is 5.89. The van der Waals surface area contributed by atoms with Crippen LogP contribution in [-0.4, -0.2) is 19.6 Å². The zero-order chi connectivity index (χ0) is 14.1. The van der Waals surface area contributed by atoms with E-state index in [-0.39, 0.29) is 5.91 Å². The molecule has 0 aromatic heterocycles. The monoisotopic (exact) mass is 337 g/mol. The summed E-state index contributed by atoms with van der Waals surface area (Å²) in [5.74, 6) is 3.00. The molecule has 0 bridgehead atoms. The van der Waals surface area contributed by atoms with Crippen molar-refractivity contribution in [3.05, 3.63) is 28.2 Å². The molecule has 2 aliphatic carbocycles. The lowest BCUT2D eigenvalue weighted by molar-refractivity contribution is 0.0940. The normalized spacial score (nSPS) is 18.1. The number of carbonyl (C=O) groups is 1. The van der Waals surface area contributed by atoms with Gasteiger partial charge in [-0.25, -0.2) is 0 Å². The van der Waals surface area contributed by atoms with Gasteiger partial charge < -0.3 is 10.1 Å². The van der Waals surface area contributed by atoms with E-state index in [1.807, 2.05) is 18.2 Å². The van der Waals surface area contributed by atoms with E-state index in [4.69, 9.17) is 4.74 Å². The number of hydrogen-bond acceptors (Lipinski definition) is 2. The number of amides is 1. The smallest absolute Gasteiger partial charge is 0.255 e. The van der Waals surface area contributed by atoms with E-state index in [0.29, 0.717) is 17.2 Å². The molecule has 1 N–H and O–H groups in total. The minimum atomic E-state index is -0.0272. The highest BCUT2D eigenvalue weighted by atomic mass is 79.9. The van der Waals surface area contributed by atoms with Gasteiger partial charge in [-0.3, -0.25) is 4.79 Å². The summed E-state index contributed by atoms with van der Waals surface area (Å²) >= 11 is 3.39. The number of carbonyl (C=O) groups excluding carboxylic acids is 1. The lowest BCUT2D eigenvalue weighted by atomic mass is 9.98. The summed E-state index contributed by atoms with van der Waals surface area (Å²) < 4.78 is 6.20. The van der Waals surface area contributed by atoms with Gasteiger partial charge >= 0.3 is 0 Å². The standard InChI is InChI=1S/C16H20BrNO2/c1-20-15-8-12(17)6-7-13(15)16(19)18-9-14(10-2-3-10)11-4-5-11/h6-8,10-11,14H,2-5,9H2,1H3,(H,18,19). The highest BCUT2D eigenvalue weighted by Gasteiger charge is 2.41. The van der Waals surface area contributed by atoms with Crippen molar-refractivity contribution >= 4 is 21.8 Å². The Morgan fingerprint density at radius 3 is 2.55 bits per heavy atom. The van der Waals surface area contributed by atoms with Crippen LogP contribution in [0.2, 0.25) is 0 Å². The second kappa shape index (κ2) is 5.76. The molecule has 3 nitrogen and oxygen atoms in total. The molecule has 1 aromatic carbocycles. The fraction of sp³-hybridized carbons (Fsp3) is 0.562. The highest BCUT2D eigenvalue weighted by molar-refractivity contribution is 9.10. The van der Waals surface area contributed by atoms with Crippen LogP contribution < -0.4 is 10.1 Å². The van der Waals surface area contributed by atoms with Crippen molar-refractivity contribution < 1.29 is 9.53 Å². The Bertz CT molecular complexity index is 497. The number of rotatable bonds is 6. The molecule has 1 amide bonds. The molecule has 0 atom stereocenters. The molecule has 20 heavy (non-hydrogen) atoms. The van der Waals surface area contributed by atoms with Crippen LogP contribution in [0.5, 0.6) is 5.75 Å². The van der Waals surface area contributed by atoms with Crippen molar-refractivity contribution in [2.24, 2.45) is 17.8 Å². The van der Waals surface area contributed by atoms with Gasteiger partial charge in [0.2, 0.25) is 0 Å². The van der Waals surface area contributed by atoms with E-state index in [2.05, 4.69) is 21.2 Å². The molecule has 3 rings (SSSR count). The first-order valence-electron chi connectivity index (χ1n) is 7.30. The summed E-state index contributed by atoms with van der Waals surface area (Å²) in [7, 11) is 1.59. The molecule has 4 heteroatoms. The van der Waals surface area contributed by atoms with Crippen molar-refractivity contribution in [1.29, 1.82) is 0 Å². The minimum absolute atomic E-state index is 0.0272.